The van der Waals surface area contributed by atoms with Crippen LogP contribution in [-0.4, -0.2) is 63.1 Å². The maximum Gasteiger partial charge on any atom is 0.253 e. The van der Waals surface area contributed by atoms with E-state index in [0.717, 1.165) is 38.8 Å². The van der Waals surface area contributed by atoms with E-state index in [2.05, 4.69) is 0 Å². The number of amides is 1. The first-order valence-corrected chi connectivity index (χ1v) is 11.1. The first-order chi connectivity index (χ1) is 12.4. The predicted octanol–water partition coefficient (Wildman–Crippen LogP) is 2.22. The topological polar surface area (TPSA) is 66.9 Å². The number of sulfonamides is 1. The van der Waals surface area contributed by atoms with Gasteiger partial charge in [0, 0.05) is 31.7 Å². The van der Waals surface area contributed by atoms with E-state index < -0.39 is 10.0 Å². The lowest BCUT2D eigenvalue weighted by Gasteiger charge is -2.39. The van der Waals surface area contributed by atoms with E-state index in [-0.39, 0.29) is 5.91 Å². The number of methoxy groups -OCH3 is 1. The highest BCUT2D eigenvalue weighted by Gasteiger charge is 2.32. The average Bonchev–Trinajstić information content (AvgIpc) is 2.67. The van der Waals surface area contributed by atoms with Crippen LogP contribution in [0.15, 0.2) is 24.3 Å². The molecule has 1 aromatic carbocycles. The smallest absolute Gasteiger partial charge is 0.253 e. The molecule has 7 heteroatoms. The molecule has 0 unspecified atom stereocenters. The molecule has 2 fully saturated rings. The number of ether oxygens (including phenoxy) is 1. The Kier molecular flexibility index (Phi) is 5.87. The highest BCUT2D eigenvalue weighted by atomic mass is 32.2. The molecule has 3 rings (SSSR count). The fraction of sp³-hybridized carbons (Fsp3) is 0.632. The van der Waals surface area contributed by atoms with Crippen LogP contribution >= 0.6 is 0 Å². The summed E-state index contributed by atoms with van der Waals surface area (Å²) in [6.45, 7) is 2.80. The van der Waals surface area contributed by atoms with Gasteiger partial charge in [0.05, 0.1) is 13.4 Å². The van der Waals surface area contributed by atoms with E-state index in [1.807, 2.05) is 23.1 Å². The molecule has 0 atom stereocenters. The molecule has 2 aliphatic heterocycles. The molecule has 0 saturated carbocycles. The molecule has 1 amide bonds. The SMILES string of the molecule is COc1cccc(C(=O)N2CCC(C3CCN(S(C)(=O)=O)CC3)CC2)c1. The van der Waals surface area contributed by atoms with Crippen molar-refractivity contribution in [2.75, 3.05) is 39.5 Å². The van der Waals surface area contributed by atoms with Gasteiger partial charge in [-0.3, -0.25) is 4.79 Å². The van der Waals surface area contributed by atoms with Crippen molar-refractivity contribution >= 4 is 15.9 Å². The number of likely N-dealkylation sites (tertiary alicyclic amines) is 1. The van der Waals surface area contributed by atoms with Gasteiger partial charge in [-0.15, -0.1) is 0 Å². The van der Waals surface area contributed by atoms with Gasteiger partial charge in [0.15, 0.2) is 0 Å². The van der Waals surface area contributed by atoms with Gasteiger partial charge in [0.25, 0.3) is 5.91 Å². The van der Waals surface area contributed by atoms with Gasteiger partial charge in [-0.1, -0.05) is 6.07 Å². The third-order valence-corrected chi connectivity index (χ3v) is 7.08. The Hall–Kier alpha value is -1.60. The van der Waals surface area contributed by atoms with E-state index >= 15 is 0 Å². The van der Waals surface area contributed by atoms with Gasteiger partial charge in [0.1, 0.15) is 5.75 Å². The monoisotopic (exact) mass is 380 g/mol. The van der Waals surface area contributed by atoms with Crippen LogP contribution in [-0.2, 0) is 10.0 Å². The van der Waals surface area contributed by atoms with Crippen LogP contribution in [0.3, 0.4) is 0 Å². The lowest BCUT2D eigenvalue weighted by Crippen LogP contribution is -2.43. The Morgan fingerprint density at radius 1 is 1.04 bits per heavy atom. The summed E-state index contributed by atoms with van der Waals surface area (Å²) < 4.78 is 30.1. The van der Waals surface area contributed by atoms with E-state index in [1.54, 1.807) is 17.5 Å². The molecular weight excluding hydrogens is 352 g/mol. The normalized spacial score (nSPS) is 20.9. The molecule has 0 N–H and O–H groups in total. The van der Waals surface area contributed by atoms with E-state index in [9.17, 15) is 13.2 Å². The van der Waals surface area contributed by atoms with E-state index in [0.29, 0.717) is 36.2 Å². The van der Waals surface area contributed by atoms with Gasteiger partial charge in [-0.2, -0.15) is 0 Å². The summed E-state index contributed by atoms with van der Waals surface area (Å²) in [5, 5.41) is 0. The van der Waals surface area contributed by atoms with Crippen molar-refractivity contribution < 1.29 is 17.9 Å². The van der Waals surface area contributed by atoms with Crippen molar-refractivity contribution in [3.05, 3.63) is 29.8 Å². The zero-order chi connectivity index (χ0) is 18.7. The number of hydrogen-bond acceptors (Lipinski definition) is 4. The van der Waals surface area contributed by atoms with Crippen molar-refractivity contribution in [1.82, 2.24) is 9.21 Å². The Labute approximate surface area is 156 Å². The van der Waals surface area contributed by atoms with Crippen LogP contribution in [0.25, 0.3) is 0 Å². The molecule has 0 bridgehead atoms. The van der Waals surface area contributed by atoms with Gasteiger partial charge >= 0.3 is 0 Å². The molecule has 0 radical (unpaired) electrons. The second kappa shape index (κ2) is 7.96. The minimum absolute atomic E-state index is 0.0641. The number of carbonyl (C=O) groups is 1. The number of hydrogen-bond donors (Lipinski definition) is 0. The van der Waals surface area contributed by atoms with Crippen molar-refractivity contribution in [2.24, 2.45) is 11.8 Å². The molecule has 2 saturated heterocycles. The molecule has 1 aromatic rings. The fourth-order valence-corrected chi connectivity index (χ4v) is 5.07. The summed E-state index contributed by atoms with van der Waals surface area (Å²) in [7, 11) is -1.46. The maximum absolute atomic E-state index is 12.7. The maximum atomic E-state index is 12.7. The van der Waals surface area contributed by atoms with Crippen molar-refractivity contribution in [1.29, 1.82) is 0 Å². The second-order valence-electron chi connectivity index (χ2n) is 7.36. The molecule has 0 spiro atoms. The average molecular weight is 381 g/mol. The van der Waals surface area contributed by atoms with Gasteiger partial charge in [0.2, 0.25) is 10.0 Å². The third kappa shape index (κ3) is 4.38. The van der Waals surface area contributed by atoms with Crippen molar-refractivity contribution in [2.45, 2.75) is 25.7 Å². The molecule has 26 heavy (non-hydrogen) atoms. The van der Waals surface area contributed by atoms with Crippen LogP contribution in [0.4, 0.5) is 0 Å². The van der Waals surface area contributed by atoms with E-state index in [4.69, 9.17) is 4.74 Å². The summed E-state index contributed by atoms with van der Waals surface area (Å²) >= 11 is 0. The molecule has 144 valence electrons. The van der Waals surface area contributed by atoms with Crippen LogP contribution in [0.5, 0.6) is 5.75 Å². The zero-order valence-corrected chi connectivity index (χ0v) is 16.4. The summed E-state index contributed by atoms with van der Waals surface area (Å²) in [5.74, 6) is 1.92. The Morgan fingerprint density at radius 3 is 2.15 bits per heavy atom. The standard InChI is InChI=1S/C19H28N2O4S/c1-25-18-5-3-4-17(14-18)19(22)20-10-6-15(7-11-20)16-8-12-21(13-9-16)26(2,23)24/h3-5,14-16H,6-13H2,1-2H3. The van der Waals surface area contributed by atoms with Gasteiger partial charge in [-0.05, 0) is 55.7 Å². The number of carbonyl (C=O) groups excluding carboxylic acids is 1. The Morgan fingerprint density at radius 2 is 1.62 bits per heavy atom. The lowest BCUT2D eigenvalue weighted by molar-refractivity contribution is 0.0628. The van der Waals surface area contributed by atoms with Crippen LogP contribution in [0.1, 0.15) is 36.0 Å². The minimum atomic E-state index is -3.07. The highest BCUT2D eigenvalue weighted by Crippen LogP contribution is 2.33. The summed E-state index contributed by atoms with van der Waals surface area (Å²) in [6.07, 6.45) is 5.15. The van der Waals surface area contributed by atoms with Crippen LogP contribution in [0, 0.1) is 11.8 Å². The third-order valence-electron chi connectivity index (χ3n) is 5.78. The number of piperidine rings is 2. The van der Waals surface area contributed by atoms with E-state index in [1.165, 1.54) is 6.26 Å². The number of benzene rings is 1. The Balaban J connectivity index is 1.52. The van der Waals surface area contributed by atoms with Gasteiger partial charge < -0.3 is 9.64 Å². The molecule has 6 nitrogen and oxygen atoms in total. The fourth-order valence-electron chi connectivity index (χ4n) is 4.19. The quantitative estimate of drug-likeness (QED) is 0.803. The van der Waals surface area contributed by atoms with Crippen molar-refractivity contribution in [3.8, 4) is 5.75 Å². The molecule has 0 aromatic heterocycles. The predicted molar refractivity (Wildman–Crippen MR) is 101 cm³/mol. The zero-order valence-electron chi connectivity index (χ0n) is 15.6. The first-order valence-electron chi connectivity index (χ1n) is 9.27. The molecule has 0 aliphatic carbocycles. The summed E-state index contributed by atoms with van der Waals surface area (Å²) in [5.41, 5.74) is 0.671. The Bertz CT molecular complexity index is 734. The summed E-state index contributed by atoms with van der Waals surface area (Å²) in [4.78, 5) is 14.6. The number of nitrogens with zero attached hydrogens (tertiary/aromatic N) is 2. The summed E-state index contributed by atoms with van der Waals surface area (Å²) in [6, 6.07) is 7.30. The van der Waals surface area contributed by atoms with Crippen LogP contribution in [0.2, 0.25) is 0 Å². The first kappa shape index (κ1) is 19.2. The number of rotatable bonds is 4. The van der Waals surface area contributed by atoms with Crippen LogP contribution < -0.4 is 4.74 Å². The second-order valence-corrected chi connectivity index (χ2v) is 9.34. The molecule has 2 heterocycles. The highest BCUT2D eigenvalue weighted by molar-refractivity contribution is 7.88. The molecular formula is C19H28N2O4S. The minimum Gasteiger partial charge on any atom is -0.497 e. The van der Waals surface area contributed by atoms with Gasteiger partial charge in [-0.25, -0.2) is 12.7 Å². The molecule has 2 aliphatic rings. The largest absolute Gasteiger partial charge is 0.497 e. The lowest BCUT2D eigenvalue weighted by atomic mass is 9.79. The van der Waals surface area contributed by atoms with Crippen molar-refractivity contribution in [3.63, 3.8) is 0 Å².